The molecule has 0 saturated carbocycles. The van der Waals surface area contributed by atoms with Gasteiger partial charge in [0, 0.05) is 16.6 Å². The van der Waals surface area contributed by atoms with Gasteiger partial charge in [0.2, 0.25) is 0 Å². The first-order valence-electron chi connectivity index (χ1n) is 5.83. The number of halogens is 2. The second-order valence-corrected chi connectivity index (χ2v) is 4.77. The molecule has 1 amide bonds. The molecule has 1 N–H and O–H groups in total. The molecule has 0 aliphatic carbocycles. The summed E-state index contributed by atoms with van der Waals surface area (Å²) in [5.74, 6) is -0.686. The van der Waals surface area contributed by atoms with Crippen molar-refractivity contribution < 1.29 is 9.18 Å². The highest BCUT2D eigenvalue weighted by Crippen LogP contribution is 2.19. The van der Waals surface area contributed by atoms with Crippen LogP contribution in [0.5, 0.6) is 0 Å². The minimum atomic E-state index is -0.374. The molecule has 0 spiro atoms. The van der Waals surface area contributed by atoms with Crippen molar-refractivity contribution >= 4 is 27.5 Å². The molecule has 0 aliphatic rings. The Balaban J connectivity index is 2.23. The molecule has 0 saturated heterocycles. The summed E-state index contributed by atoms with van der Waals surface area (Å²) in [7, 11) is 0. The maximum atomic E-state index is 13.4. The molecular weight excluding hydrogens is 309 g/mol. The first-order chi connectivity index (χ1) is 9.11. The SMILES string of the molecule is Cc1ccc(C(=O)Nc2ccccc2CBr)cc1F. The minimum Gasteiger partial charge on any atom is -0.322 e. The molecule has 2 nitrogen and oxygen atoms in total. The number of carbonyl (C=O) groups is 1. The van der Waals surface area contributed by atoms with Crippen LogP contribution >= 0.6 is 15.9 Å². The molecule has 98 valence electrons. The van der Waals surface area contributed by atoms with Crippen molar-refractivity contribution in [2.24, 2.45) is 0 Å². The third kappa shape index (κ3) is 3.20. The van der Waals surface area contributed by atoms with E-state index < -0.39 is 0 Å². The van der Waals surface area contributed by atoms with E-state index in [2.05, 4.69) is 21.2 Å². The summed E-state index contributed by atoms with van der Waals surface area (Å²) >= 11 is 3.36. The Labute approximate surface area is 119 Å². The first kappa shape index (κ1) is 13.7. The van der Waals surface area contributed by atoms with Crippen LogP contribution in [0.15, 0.2) is 42.5 Å². The predicted octanol–water partition coefficient (Wildman–Crippen LogP) is 4.28. The van der Waals surface area contributed by atoms with E-state index in [-0.39, 0.29) is 11.7 Å². The van der Waals surface area contributed by atoms with Crippen molar-refractivity contribution in [2.45, 2.75) is 12.3 Å². The molecule has 0 fully saturated rings. The standard InChI is InChI=1S/C15H13BrFNO/c1-10-6-7-11(8-13(10)17)15(19)18-14-5-3-2-4-12(14)9-16/h2-8H,9H2,1H3,(H,18,19). The second-order valence-electron chi connectivity index (χ2n) is 4.21. The number of hydrogen-bond acceptors (Lipinski definition) is 1. The lowest BCUT2D eigenvalue weighted by atomic mass is 10.1. The lowest BCUT2D eigenvalue weighted by molar-refractivity contribution is 0.102. The number of benzene rings is 2. The van der Waals surface area contributed by atoms with Crippen molar-refractivity contribution in [1.29, 1.82) is 0 Å². The molecule has 0 unspecified atom stereocenters. The lowest BCUT2D eigenvalue weighted by Gasteiger charge is -2.09. The van der Waals surface area contributed by atoms with Gasteiger partial charge in [-0.25, -0.2) is 4.39 Å². The van der Waals surface area contributed by atoms with Crippen LogP contribution in [0.2, 0.25) is 0 Å². The fraction of sp³-hybridized carbons (Fsp3) is 0.133. The second kappa shape index (κ2) is 5.97. The highest BCUT2D eigenvalue weighted by Gasteiger charge is 2.10. The smallest absolute Gasteiger partial charge is 0.255 e. The molecule has 19 heavy (non-hydrogen) atoms. The zero-order valence-corrected chi connectivity index (χ0v) is 12.0. The summed E-state index contributed by atoms with van der Waals surface area (Å²) in [5.41, 5.74) is 2.54. The number of para-hydroxylation sites is 1. The van der Waals surface area contributed by atoms with Gasteiger partial charge >= 0.3 is 0 Å². The molecule has 0 aromatic heterocycles. The number of rotatable bonds is 3. The Bertz CT molecular complexity index is 613. The molecule has 0 radical (unpaired) electrons. The lowest BCUT2D eigenvalue weighted by Crippen LogP contribution is -2.13. The fourth-order valence-corrected chi connectivity index (χ4v) is 2.18. The Morgan fingerprint density at radius 3 is 2.68 bits per heavy atom. The summed E-state index contributed by atoms with van der Waals surface area (Å²) in [6.45, 7) is 1.66. The van der Waals surface area contributed by atoms with Crippen molar-refractivity contribution in [2.75, 3.05) is 5.32 Å². The van der Waals surface area contributed by atoms with E-state index in [0.717, 1.165) is 11.3 Å². The molecule has 0 aliphatic heterocycles. The molecule has 4 heteroatoms. The first-order valence-corrected chi connectivity index (χ1v) is 6.95. The van der Waals surface area contributed by atoms with E-state index >= 15 is 0 Å². The summed E-state index contributed by atoms with van der Waals surface area (Å²) in [5, 5.41) is 3.43. The van der Waals surface area contributed by atoms with Crippen molar-refractivity contribution in [3.63, 3.8) is 0 Å². The van der Waals surface area contributed by atoms with E-state index in [4.69, 9.17) is 0 Å². The summed E-state index contributed by atoms with van der Waals surface area (Å²) < 4.78 is 13.4. The van der Waals surface area contributed by atoms with Gasteiger partial charge in [0.1, 0.15) is 5.82 Å². The monoisotopic (exact) mass is 321 g/mol. The van der Waals surface area contributed by atoms with Crippen LogP contribution in [0.25, 0.3) is 0 Å². The van der Waals surface area contributed by atoms with Gasteiger partial charge in [-0.15, -0.1) is 0 Å². The van der Waals surface area contributed by atoms with Crippen LogP contribution in [0.4, 0.5) is 10.1 Å². The Morgan fingerprint density at radius 2 is 2.00 bits per heavy atom. The third-order valence-corrected chi connectivity index (χ3v) is 3.45. The highest BCUT2D eigenvalue weighted by atomic mass is 79.9. The Kier molecular flexibility index (Phi) is 4.32. The maximum Gasteiger partial charge on any atom is 0.255 e. The number of carbonyl (C=O) groups excluding carboxylic acids is 1. The Hall–Kier alpha value is -1.68. The van der Waals surface area contributed by atoms with Crippen molar-refractivity contribution in [1.82, 2.24) is 0 Å². The van der Waals surface area contributed by atoms with Crippen LogP contribution in [0, 0.1) is 12.7 Å². The van der Waals surface area contributed by atoms with Gasteiger partial charge in [-0.1, -0.05) is 40.2 Å². The van der Waals surface area contributed by atoms with E-state index in [1.165, 1.54) is 6.07 Å². The van der Waals surface area contributed by atoms with Crippen LogP contribution in [-0.4, -0.2) is 5.91 Å². The van der Waals surface area contributed by atoms with Gasteiger partial charge in [-0.05, 0) is 36.2 Å². The average molecular weight is 322 g/mol. The normalized spacial score (nSPS) is 10.3. The summed E-state index contributed by atoms with van der Waals surface area (Å²) in [6.07, 6.45) is 0. The van der Waals surface area contributed by atoms with Crippen LogP contribution in [-0.2, 0) is 5.33 Å². The van der Waals surface area contributed by atoms with Gasteiger partial charge in [0.15, 0.2) is 0 Å². The fourth-order valence-electron chi connectivity index (χ4n) is 1.69. The number of nitrogens with one attached hydrogen (secondary N) is 1. The molecule has 0 atom stereocenters. The molecule has 2 rings (SSSR count). The predicted molar refractivity (Wildman–Crippen MR) is 78.2 cm³/mol. The van der Waals surface area contributed by atoms with Crippen LogP contribution < -0.4 is 5.32 Å². The van der Waals surface area contributed by atoms with E-state index in [0.29, 0.717) is 16.5 Å². The van der Waals surface area contributed by atoms with Gasteiger partial charge in [0.25, 0.3) is 5.91 Å². The van der Waals surface area contributed by atoms with Gasteiger partial charge < -0.3 is 5.32 Å². The minimum absolute atomic E-state index is 0.312. The summed E-state index contributed by atoms with van der Waals surface area (Å²) in [6, 6.07) is 11.9. The number of aryl methyl sites for hydroxylation is 1. The van der Waals surface area contributed by atoms with E-state index in [9.17, 15) is 9.18 Å². The van der Waals surface area contributed by atoms with E-state index in [1.54, 1.807) is 19.1 Å². The molecule has 0 heterocycles. The average Bonchev–Trinajstić information content (AvgIpc) is 2.42. The number of alkyl halides is 1. The number of anilines is 1. The molecular formula is C15H13BrFNO. The zero-order valence-electron chi connectivity index (χ0n) is 10.4. The van der Waals surface area contributed by atoms with Gasteiger partial charge in [0.05, 0.1) is 0 Å². The van der Waals surface area contributed by atoms with Crippen molar-refractivity contribution in [3.8, 4) is 0 Å². The number of amides is 1. The molecule has 2 aromatic carbocycles. The van der Waals surface area contributed by atoms with Crippen LogP contribution in [0.1, 0.15) is 21.5 Å². The quantitative estimate of drug-likeness (QED) is 0.840. The molecule has 2 aromatic rings. The Morgan fingerprint density at radius 1 is 1.26 bits per heavy atom. The van der Waals surface area contributed by atoms with E-state index in [1.807, 2.05) is 24.3 Å². The third-order valence-electron chi connectivity index (χ3n) is 2.84. The highest BCUT2D eigenvalue weighted by molar-refractivity contribution is 9.08. The number of hydrogen-bond donors (Lipinski definition) is 1. The largest absolute Gasteiger partial charge is 0.322 e. The van der Waals surface area contributed by atoms with Gasteiger partial charge in [-0.2, -0.15) is 0 Å². The molecule has 0 bridgehead atoms. The van der Waals surface area contributed by atoms with Gasteiger partial charge in [-0.3, -0.25) is 4.79 Å². The van der Waals surface area contributed by atoms with Crippen LogP contribution in [0.3, 0.4) is 0 Å². The maximum absolute atomic E-state index is 13.4. The topological polar surface area (TPSA) is 29.1 Å². The summed E-state index contributed by atoms with van der Waals surface area (Å²) in [4.78, 5) is 12.1. The zero-order chi connectivity index (χ0) is 13.8. The van der Waals surface area contributed by atoms with Crippen molar-refractivity contribution in [3.05, 3.63) is 65.0 Å².